The number of ether oxygens (including phenoxy) is 1. The molecular weight excluding hydrogens is 388 g/mol. The molecule has 1 amide bonds. The van der Waals surface area contributed by atoms with Crippen LogP contribution in [-0.4, -0.2) is 50.3 Å². The van der Waals surface area contributed by atoms with Crippen LogP contribution in [0.15, 0.2) is 16.3 Å². The quantitative estimate of drug-likeness (QED) is 0.657. The third kappa shape index (κ3) is 5.30. The highest BCUT2D eigenvalue weighted by Gasteiger charge is 2.35. The van der Waals surface area contributed by atoms with Crippen LogP contribution >= 0.6 is 11.3 Å². The average Bonchev–Trinajstić information content (AvgIpc) is 3.10. The van der Waals surface area contributed by atoms with Gasteiger partial charge in [-0.15, -0.1) is 11.3 Å². The average molecular weight is 417 g/mol. The van der Waals surface area contributed by atoms with Gasteiger partial charge in [-0.3, -0.25) is 4.79 Å². The first-order chi connectivity index (χ1) is 12.7. The van der Waals surface area contributed by atoms with Gasteiger partial charge >= 0.3 is 5.97 Å². The number of nitrogens with one attached hydrogen (secondary N) is 1. The van der Waals surface area contributed by atoms with Gasteiger partial charge in [0.25, 0.3) is 10.0 Å². The molecule has 2 rings (SSSR count). The second kappa shape index (κ2) is 9.16. The van der Waals surface area contributed by atoms with E-state index in [0.29, 0.717) is 30.8 Å². The van der Waals surface area contributed by atoms with E-state index in [4.69, 9.17) is 4.74 Å². The number of piperidine rings is 1. The molecule has 1 aliphatic rings. The van der Waals surface area contributed by atoms with Crippen LogP contribution in [0.1, 0.15) is 50.8 Å². The van der Waals surface area contributed by atoms with Crippen LogP contribution < -0.4 is 5.32 Å². The van der Waals surface area contributed by atoms with E-state index >= 15 is 0 Å². The molecule has 152 valence electrons. The molecule has 7 nitrogen and oxygen atoms in total. The fraction of sp³-hybridized carbons (Fsp3) is 0.667. The molecule has 0 radical (unpaired) electrons. The molecule has 1 aromatic rings. The summed E-state index contributed by atoms with van der Waals surface area (Å²) in [6.45, 7) is 4.65. The largest absolute Gasteiger partial charge is 0.467 e. The predicted octanol–water partition coefficient (Wildman–Crippen LogP) is 2.31. The van der Waals surface area contributed by atoms with Crippen molar-refractivity contribution < 1.29 is 22.7 Å². The van der Waals surface area contributed by atoms with Crippen LogP contribution in [0, 0.1) is 0 Å². The Labute approximate surface area is 165 Å². The molecule has 0 aromatic carbocycles. The monoisotopic (exact) mass is 416 g/mol. The maximum Gasteiger partial charge on any atom is 0.331 e. The van der Waals surface area contributed by atoms with Gasteiger partial charge in [0, 0.05) is 18.0 Å². The van der Waals surface area contributed by atoms with Crippen molar-refractivity contribution in [1.82, 2.24) is 9.62 Å². The van der Waals surface area contributed by atoms with Gasteiger partial charge in [0.1, 0.15) is 9.75 Å². The Kier molecular flexibility index (Phi) is 7.41. The third-order valence-electron chi connectivity index (χ3n) is 4.68. The zero-order valence-corrected chi connectivity index (χ0v) is 17.7. The Morgan fingerprint density at radius 2 is 1.93 bits per heavy atom. The summed E-state index contributed by atoms with van der Waals surface area (Å²) in [5, 5.41) is 2.74. The topological polar surface area (TPSA) is 92.8 Å². The van der Waals surface area contributed by atoms with E-state index in [-0.39, 0.29) is 16.5 Å². The normalized spacial score (nSPS) is 17.9. The number of carbonyl (C=O) groups excluding carboxylic acids is 2. The smallest absolute Gasteiger partial charge is 0.331 e. The van der Waals surface area contributed by atoms with Crippen molar-refractivity contribution in [2.75, 3.05) is 20.2 Å². The zero-order chi connectivity index (χ0) is 20.1. The number of rotatable bonds is 8. The summed E-state index contributed by atoms with van der Waals surface area (Å²) in [6, 6.07) is 3.22. The van der Waals surface area contributed by atoms with Gasteiger partial charge in [-0.1, -0.05) is 19.8 Å². The molecule has 0 aliphatic carbocycles. The number of amides is 1. The highest BCUT2D eigenvalue weighted by Crippen LogP contribution is 2.27. The molecule has 0 spiro atoms. The Hall–Kier alpha value is -1.45. The van der Waals surface area contributed by atoms with Gasteiger partial charge in [-0.2, -0.15) is 4.31 Å². The lowest BCUT2D eigenvalue weighted by Crippen LogP contribution is -2.53. The van der Waals surface area contributed by atoms with Gasteiger partial charge in [0.2, 0.25) is 5.91 Å². The summed E-state index contributed by atoms with van der Waals surface area (Å²) in [5.41, 5.74) is -1.08. The van der Waals surface area contributed by atoms with Crippen molar-refractivity contribution >= 4 is 33.2 Å². The fourth-order valence-corrected chi connectivity index (χ4v) is 6.30. The minimum absolute atomic E-state index is 0.0243. The minimum Gasteiger partial charge on any atom is -0.467 e. The Bertz CT molecular complexity index is 768. The van der Waals surface area contributed by atoms with Gasteiger partial charge in [-0.05, 0) is 38.3 Å². The molecule has 0 bridgehead atoms. The van der Waals surface area contributed by atoms with E-state index in [1.807, 2.05) is 6.92 Å². The highest BCUT2D eigenvalue weighted by molar-refractivity contribution is 7.91. The molecule has 1 fully saturated rings. The summed E-state index contributed by atoms with van der Waals surface area (Å²) in [6.07, 6.45) is 4.01. The number of hydrogen-bond donors (Lipinski definition) is 1. The van der Waals surface area contributed by atoms with Crippen molar-refractivity contribution in [3.8, 4) is 0 Å². The van der Waals surface area contributed by atoms with E-state index in [1.165, 1.54) is 11.4 Å². The van der Waals surface area contributed by atoms with E-state index < -0.39 is 21.5 Å². The second-order valence-electron chi connectivity index (χ2n) is 6.98. The number of methoxy groups -OCH3 is 1. The van der Waals surface area contributed by atoms with E-state index in [9.17, 15) is 18.0 Å². The van der Waals surface area contributed by atoms with Crippen molar-refractivity contribution in [3.63, 3.8) is 0 Å². The molecule has 1 saturated heterocycles. The van der Waals surface area contributed by atoms with Crippen molar-refractivity contribution in [2.24, 2.45) is 0 Å². The first kappa shape index (κ1) is 21.8. The first-order valence-corrected chi connectivity index (χ1v) is 11.5. The maximum atomic E-state index is 12.7. The summed E-state index contributed by atoms with van der Waals surface area (Å²) >= 11 is 1.11. The number of carbonyl (C=O) groups is 2. The van der Waals surface area contributed by atoms with Crippen LogP contribution in [0.3, 0.4) is 0 Å². The molecule has 1 aliphatic heterocycles. The highest BCUT2D eigenvalue weighted by atomic mass is 32.2. The zero-order valence-electron chi connectivity index (χ0n) is 16.1. The molecule has 0 saturated carbocycles. The Morgan fingerprint density at radius 1 is 1.26 bits per heavy atom. The first-order valence-electron chi connectivity index (χ1n) is 9.21. The minimum atomic E-state index is -3.49. The molecular formula is C18H28N2O5S2. The number of sulfonamides is 1. The lowest BCUT2D eigenvalue weighted by atomic mass is 9.96. The lowest BCUT2D eigenvalue weighted by Gasteiger charge is -2.27. The molecule has 1 atom stereocenters. The molecule has 1 aromatic heterocycles. The third-order valence-corrected chi connectivity index (χ3v) is 8.13. The standard InChI is InChI=1S/C18H28N2O5S2/c1-4-10-18(2,17(22)25-3)19-15(21)13-14-8-9-16(26-14)27(23,24)20-11-6-5-7-12-20/h8-9H,4-7,10-13H2,1-3H3,(H,19,21). The molecule has 2 heterocycles. The van der Waals surface area contributed by atoms with Crippen molar-refractivity contribution in [2.45, 2.75) is 62.1 Å². The molecule has 1 unspecified atom stereocenters. The summed E-state index contributed by atoms with van der Waals surface area (Å²) in [7, 11) is -2.20. The summed E-state index contributed by atoms with van der Waals surface area (Å²) < 4.78 is 32.0. The number of hydrogen-bond acceptors (Lipinski definition) is 6. The molecule has 27 heavy (non-hydrogen) atoms. The van der Waals surface area contributed by atoms with Crippen LogP contribution in [-0.2, 0) is 30.8 Å². The van der Waals surface area contributed by atoms with Gasteiger partial charge in [-0.25, -0.2) is 13.2 Å². The lowest BCUT2D eigenvalue weighted by molar-refractivity contribution is -0.150. The van der Waals surface area contributed by atoms with Crippen LogP contribution in [0.25, 0.3) is 0 Å². The number of esters is 1. The van der Waals surface area contributed by atoms with E-state index in [0.717, 1.165) is 30.6 Å². The van der Waals surface area contributed by atoms with Gasteiger partial charge in [0.15, 0.2) is 0 Å². The summed E-state index contributed by atoms with van der Waals surface area (Å²) in [5.74, 6) is -0.822. The van der Waals surface area contributed by atoms with Crippen LogP contribution in [0.4, 0.5) is 0 Å². The van der Waals surface area contributed by atoms with E-state index in [1.54, 1.807) is 19.1 Å². The maximum absolute atomic E-state index is 12.7. The molecule has 1 N–H and O–H groups in total. The van der Waals surface area contributed by atoms with E-state index in [2.05, 4.69) is 5.32 Å². The van der Waals surface area contributed by atoms with Crippen LogP contribution in [0.2, 0.25) is 0 Å². The predicted molar refractivity (Wildman–Crippen MR) is 104 cm³/mol. The molecule has 9 heteroatoms. The Morgan fingerprint density at radius 3 is 2.52 bits per heavy atom. The summed E-state index contributed by atoms with van der Waals surface area (Å²) in [4.78, 5) is 25.1. The Balaban J connectivity index is 2.06. The van der Waals surface area contributed by atoms with Crippen molar-refractivity contribution in [1.29, 1.82) is 0 Å². The number of nitrogens with zero attached hydrogens (tertiary/aromatic N) is 1. The SMILES string of the molecule is CCCC(C)(NC(=O)Cc1ccc(S(=O)(=O)N2CCCCC2)s1)C(=O)OC. The van der Waals surface area contributed by atoms with Crippen LogP contribution in [0.5, 0.6) is 0 Å². The number of thiophene rings is 1. The fourth-order valence-electron chi connectivity index (χ4n) is 3.28. The van der Waals surface area contributed by atoms with Gasteiger partial charge in [0.05, 0.1) is 13.5 Å². The second-order valence-corrected chi connectivity index (χ2v) is 10.3. The van der Waals surface area contributed by atoms with Gasteiger partial charge < -0.3 is 10.1 Å². The van der Waals surface area contributed by atoms with Crippen molar-refractivity contribution in [3.05, 3.63) is 17.0 Å².